The predicted molar refractivity (Wildman–Crippen MR) is 104 cm³/mol. The lowest BCUT2D eigenvalue weighted by Gasteiger charge is -2.12. The van der Waals surface area contributed by atoms with E-state index in [0.29, 0.717) is 23.8 Å². The Hall–Kier alpha value is -2.58. The lowest BCUT2D eigenvalue weighted by molar-refractivity contribution is -0.122. The number of para-hydroxylation sites is 2. The van der Waals surface area contributed by atoms with Crippen LogP contribution in [0, 0.1) is 0 Å². The SMILES string of the molecule is COc1ccccc1Oc1ccc(CNC(=O)C(N)CCS(C)(=O)=O)cc1. The third-order valence-electron chi connectivity index (χ3n) is 3.82. The molecule has 1 amide bonds. The Morgan fingerprint density at radius 3 is 2.33 bits per heavy atom. The number of hydrogen-bond donors (Lipinski definition) is 2. The summed E-state index contributed by atoms with van der Waals surface area (Å²) in [6, 6.07) is 13.7. The Kier molecular flexibility index (Phi) is 7.20. The quantitative estimate of drug-likeness (QED) is 0.674. The van der Waals surface area contributed by atoms with Crippen molar-refractivity contribution < 1.29 is 22.7 Å². The van der Waals surface area contributed by atoms with E-state index >= 15 is 0 Å². The number of carbonyl (C=O) groups is 1. The fourth-order valence-electron chi connectivity index (χ4n) is 2.30. The van der Waals surface area contributed by atoms with Crippen LogP contribution in [0.25, 0.3) is 0 Å². The van der Waals surface area contributed by atoms with Crippen molar-refractivity contribution in [2.75, 3.05) is 19.1 Å². The summed E-state index contributed by atoms with van der Waals surface area (Å²) >= 11 is 0. The molecule has 2 aromatic carbocycles. The summed E-state index contributed by atoms with van der Waals surface area (Å²) in [5.74, 6) is 1.39. The molecule has 0 radical (unpaired) electrons. The molecule has 1 unspecified atom stereocenters. The van der Waals surface area contributed by atoms with Crippen molar-refractivity contribution >= 4 is 15.7 Å². The van der Waals surface area contributed by atoms with E-state index in [1.165, 1.54) is 0 Å². The second-order valence-corrected chi connectivity index (χ2v) is 8.40. The monoisotopic (exact) mass is 392 g/mol. The summed E-state index contributed by atoms with van der Waals surface area (Å²) in [5.41, 5.74) is 6.58. The van der Waals surface area contributed by atoms with Crippen molar-refractivity contribution in [2.45, 2.75) is 19.0 Å². The van der Waals surface area contributed by atoms with E-state index in [1.807, 2.05) is 36.4 Å². The number of amides is 1. The molecule has 2 aromatic rings. The van der Waals surface area contributed by atoms with Crippen molar-refractivity contribution in [3.05, 3.63) is 54.1 Å². The molecular weight excluding hydrogens is 368 g/mol. The molecule has 3 N–H and O–H groups in total. The third kappa shape index (κ3) is 6.92. The Balaban J connectivity index is 1.87. The zero-order valence-electron chi connectivity index (χ0n) is 15.3. The largest absolute Gasteiger partial charge is 0.493 e. The molecule has 146 valence electrons. The molecule has 0 saturated carbocycles. The number of nitrogens with two attached hydrogens (primary N) is 1. The van der Waals surface area contributed by atoms with Gasteiger partial charge in [0.25, 0.3) is 0 Å². The van der Waals surface area contributed by atoms with Gasteiger partial charge in [0, 0.05) is 12.8 Å². The van der Waals surface area contributed by atoms with Crippen LogP contribution in [0.1, 0.15) is 12.0 Å². The highest BCUT2D eigenvalue weighted by atomic mass is 32.2. The first-order valence-electron chi connectivity index (χ1n) is 8.39. The summed E-state index contributed by atoms with van der Waals surface area (Å²) < 4.78 is 33.3. The smallest absolute Gasteiger partial charge is 0.237 e. The summed E-state index contributed by atoms with van der Waals surface area (Å²) in [6.07, 6.45) is 1.21. The number of carbonyl (C=O) groups excluding carboxylic acids is 1. The van der Waals surface area contributed by atoms with E-state index in [2.05, 4.69) is 5.32 Å². The molecule has 0 aliphatic rings. The molecule has 7 nitrogen and oxygen atoms in total. The fourth-order valence-corrected chi connectivity index (χ4v) is 2.98. The molecule has 27 heavy (non-hydrogen) atoms. The van der Waals surface area contributed by atoms with Crippen LogP contribution >= 0.6 is 0 Å². The van der Waals surface area contributed by atoms with Crippen molar-refractivity contribution in [1.29, 1.82) is 0 Å². The van der Waals surface area contributed by atoms with Crippen LogP contribution < -0.4 is 20.5 Å². The van der Waals surface area contributed by atoms with Gasteiger partial charge in [-0.15, -0.1) is 0 Å². The van der Waals surface area contributed by atoms with Crippen molar-refractivity contribution in [2.24, 2.45) is 5.73 Å². The number of nitrogens with one attached hydrogen (secondary N) is 1. The van der Waals surface area contributed by atoms with E-state index in [9.17, 15) is 13.2 Å². The fraction of sp³-hybridized carbons (Fsp3) is 0.316. The summed E-state index contributed by atoms with van der Waals surface area (Å²) in [7, 11) is -1.56. The number of methoxy groups -OCH3 is 1. The Morgan fingerprint density at radius 1 is 1.11 bits per heavy atom. The lowest BCUT2D eigenvalue weighted by Crippen LogP contribution is -2.41. The van der Waals surface area contributed by atoms with E-state index in [-0.39, 0.29) is 18.1 Å². The average molecular weight is 392 g/mol. The minimum atomic E-state index is -3.14. The average Bonchev–Trinajstić information content (AvgIpc) is 2.65. The minimum Gasteiger partial charge on any atom is -0.493 e. The topological polar surface area (TPSA) is 108 Å². The molecule has 0 aliphatic heterocycles. The van der Waals surface area contributed by atoms with Gasteiger partial charge in [0.2, 0.25) is 5.91 Å². The maximum Gasteiger partial charge on any atom is 0.237 e. The number of hydrogen-bond acceptors (Lipinski definition) is 6. The lowest BCUT2D eigenvalue weighted by atomic mass is 10.2. The minimum absolute atomic E-state index is 0.0936. The van der Waals surface area contributed by atoms with Crippen LogP contribution in [0.5, 0.6) is 17.2 Å². The Labute approximate surface area is 159 Å². The van der Waals surface area contributed by atoms with Crippen LogP contribution in [0.3, 0.4) is 0 Å². The normalized spacial score (nSPS) is 12.3. The van der Waals surface area contributed by atoms with E-state index in [0.717, 1.165) is 11.8 Å². The number of sulfone groups is 1. The molecule has 0 spiro atoms. The van der Waals surface area contributed by atoms with E-state index in [4.69, 9.17) is 15.2 Å². The molecule has 0 fully saturated rings. The first kappa shape index (κ1) is 20.7. The molecule has 1 atom stereocenters. The standard InChI is InChI=1S/C19H24N2O5S/c1-25-17-5-3-4-6-18(17)26-15-9-7-14(8-10-15)13-21-19(22)16(20)11-12-27(2,23)24/h3-10,16H,11-13,20H2,1-2H3,(H,21,22). The van der Waals surface area contributed by atoms with Crippen molar-refractivity contribution in [1.82, 2.24) is 5.32 Å². The molecule has 0 heterocycles. The first-order chi connectivity index (χ1) is 12.8. The predicted octanol–water partition coefficient (Wildman–Crippen LogP) is 1.87. The third-order valence-corrected chi connectivity index (χ3v) is 4.80. The van der Waals surface area contributed by atoms with Gasteiger partial charge in [-0.05, 0) is 36.2 Å². The summed E-state index contributed by atoms with van der Waals surface area (Å²) in [4.78, 5) is 11.9. The second-order valence-electron chi connectivity index (χ2n) is 6.14. The maximum absolute atomic E-state index is 11.9. The van der Waals surface area contributed by atoms with Gasteiger partial charge in [-0.1, -0.05) is 24.3 Å². The highest BCUT2D eigenvalue weighted by Gasteiger charge is 2.15. The van der Waals surface area contributed by atoms with Gasteiger partial charge in [0.1, 0.15) is 15.6 Å². The number of rotatable bonds is 9. The van der Waals surface area contributed by atoms with Gasteiger partial charge in [0.15, 0.2) is 11.5 Å². The zero-order valence-corrected chi connectivity index (χ0v) is 16.2. The summed E-state index contributed by atoms with van der Waals surface area (Å²) in [6.45, 7) is 0.292. The Morgan fingerprint density at radius 2 is 1.74 bits per heavy atom. The number of benzene rings is 2. The van der Waals surface area contributed by atoms with Gasteiger partial charge in [0.05, 0.1) is 18.9 Å². The van der Waals surface area contributed by atoms with E-state index in [1.54, 1.807) is 19.2 Å². The maximum atomic E-state index is 11.9. The van der Waals surface area contributed by atoms with Crippen molar-refractivity contribution in [3.63, 3.8) is 0 Å². The van der Waals surface area contributed by atoms with Gasteiger partial charge in [-0.25, -0.2) is 8.42 Å². The highest BCUT2D eigenvalue weighted by molar-refractivity contribution is 7.90. The van der Waals surface area contributed by atoms with Crippen LogP contribution in [0.15, 0.2) is 48.5 Å². The highest BCUT2D eigenvalue weighted by Crippen LogP contribution is 2.30. The molecular formula is C19H24N2O5S. The zero-order chi connectivity index (χ0) is 19.9. The molecule has 0 saturated heterocycles. The molecule has 8 heteroatoms. The van der Waals surface area contributed by atoms with Gasteiger partial charge in [-0.3, -0.25) is 4.79 Å². The van der Waals surface area contributed by atoms with Crippen LogP contribution in [-0.2, 0) is 21.2 Å². The Bertz CT molecular complexity index is 866. The van der Waals surface area contributed by atoms with Gasteiger partial charge >= 0.3 is 0 Å². The first-order valence-corrected chi connectivity index (χ1v) is 10.5. The van der Waals surface area contributed by atoms with Crippen molar-refractivity contribution in [3.8, 4) is 17.2 Å². The van der Waals surface area contributed by atoms with Gasteiger partial charge < -0.3 is 20.5 Å². The van der Waals surface area contributed by atoms with Crippen LogP contribution in [0.2, 0.25) is 0 Å². The molecule has 0 aromatic heterocycles. The molecule has 0 bridgehead atoms. The summed E-state index contributed by atoms with van der Waals surface area (Å²) in [5, 5.41) is 2.70. The van der Waals surface area contributed by atoms with Gasteiger partial charge in [-0.2, -0.15) is 0 Å². The van der Waals surface area contributed by atoms with Crippen LogP contribution in [0.4, 0.5) is 0 Å². The molecule has 2 rings (SSSR count). The second kappa shape index (κ2) is 9.38. The molecule has 0 aliphatic carbocycles. The number of ether oxygens (including phenoxy) is 2. The van der Waals surface area contributed by atoms with Crippen LogP contribution in [-0.4, -0.2) is 39.5 Å². The van der Waals surface area contributed by atoms with E-state index < -0.39 is 15.9 Å².